The summed E-state index contributed by atoms with van der Waals surface area (Å²) in [6.07, 6.45) is 1.68. The average molecular weight is 579 g/mol. The minimum absolute atomic E-state index is 0.0178. The van der Waals surface area contributed by atoms with Gasteiger partial charge in [0.25, 0.3) is 0 Å². The molecule has 0 saturated heterocycles. The van der Waals surface area contributed by atoms with Crippen molar-refractivity contribution in [2.24, 2.45) is 5.73 Å². The lowest BCUT2D eigenvalue weighted by Gasteiger charge is -2.38. The van der Waals surface area contributed by atoms with Gasteiger partial charge in [0, 0.05) is 28.4 Å². The van der Waals surface area contributed by atoms with Crippen LogP contribution >= 0.6 is 34.7 Å². The standard InChI is InChI=1S/C27H23ClN6O3S2/c1-37-18-11-9-17(10-12-18)31-22(36)14-38-27-33-32-26(39-27)34-20-3-2-4-21(35)24(20)23(19(13-29)25(34)30)15-5-7-16(28)8-6-15/h5-12,23H,2-4,14,30H2,1H3,(H,31,36). The van der Waals surface area contributed by atoms with E-state index < -0.39 is 5.92 Å². The summed E-state index contributed by atoms with van der Waals surface area (Å²) in [7, 11) is 1.58. The molecular weight excluding hydrogens is 556 g/mol. The Kier molecular flexibility index (Phi) is 7.88. The Morgan fingerprint density at radius 1 is 1.23 bits per heavy atom. The van der Waals surface area contributed by atoms with Gasteiger partial charge in [-0.1, -0.05) is 46.8 Å². The first kappa shape index (κ1) is 26.7. The van der Waals surface area contributed by atoms with Crippen LogP contribution in [0.4, 0.5) is 10.8 Å². The van der Waals surface area contributed by atoms with Crippen LogP contribution in [-0.2, 0) is 9.59 Å². The normalized spacial score (nSPS) is 17.1. The molecule has 1 unspecified atom stereocenters. The van der Waals surface area contributed by atoms with Crippen LogP contribution in [0.5, 0.6) is 5.75 Å². The van der Waals surface area contributed by atoms with Crippen LogP contribution in [0.2, 0.25) is 5.02 Å². The number of nitriles is 1. The Morgan fingerprint density at radius 3 is 2.67 bits per heavy atom. The number of thioether (sulfide) groups is 1. The average Bonchev–Trinajstić information content (AvgIpc) is 3.41. The lowest BCUT2D eigenvalue weighted by molar-refractivity contribution is -0.116. The summed E-state index contributed by atoms with van der Waals surface area (Å²) in [6.45, 7) is 0. The van der Waals surface area contributed by atoms with Crippen molar-refractivity contribution in [3.8, 4) is 11.8 Å². The second-order valence-electron chi connectivity index (χ2n) is 8.78. The highest BCUT2D eigenvalue weighted by molar-refractivity contribution is 8.01. The van der Waals surface area contributed by atoms with Gasteiger partial charge in [0.2, 0.25) is 11.0 Å². The third kappa shape index (κ3) is 5.49. The number of allylic oxidation sites excluding steroid dienone is 3. The SMILES string of the molecule is COc1ccc(NC(=O)CSc2nnc(N3C(N)=C(C#N)C(c4ccc(Cl)cc4)C4=C3CCCC4=O)s2)cc1. The van der Waals surface area contributed by atoms with Crippen molar-refractivity contribution in [1.82, 2.24) is 10.2 Å². The Bertz CT molecular complexity index is 1530. The van der Waals surface area contributed by atoms with Crippen LogP contribution in [0.1, 0.15) is 30.7 Å². The van der Waals surface area contributed by atoms with Gasteiger partial charge >= 0.3 is 0 Å². The number of aromatic nitrogens is 2. The van der Waals surface area contributed by atoms with Crippen molar-refractivity contribution >= 4 is 57.2 Å². The molecule has 0 spiro atoms. The molecule has 39 heavy (non-hydrogen) atoms. The number of methoxy groups -OCH3 is 1. The fourth-order valence-corrected chi connectivity index (χ4v) is 6.45. The van der Waals surface area contributed by atoms with E-state index in [0.29, 0.717) is 50.8 Å². The number of anilines is 2. The summed E-state index contributed by atoms with van der Waals surface area (Å²) in [5.41, 5.74) is 9.57. The van der Waals surface area contributed by atoms with Crippen molar-refractivity contribution in [3.63, 3.8) is 0 Å². The maximum Gasteiger partial charge on any atom is 0.234 e. The zero-order valence-corrected chi connectivity index (χ0v) is 23.2. The van der Waals surface area contributed by atoms with Crippen LogP contribution in [0.25, 0.3) is 0 Å². The van der Waals surface area contributed by atoms with E-state index in [0.717, 1.165) is 11.3 Å². The molecule has 1 aromatic heterocycles. The number of carbonyl (C=O) groups is 2. The summed E-state index contributed by atoms with van der Waals surface area (Å²) >= 11 is 8.57. The van der Waals surface area contributed by atoms with E-state index in [-0.39, 0.29) is 28.8 Å². The maximum atomic E-state index is 13.2. The lowest BCUT2D eigenvalue weighted by atomic mass is 9.76. The van der Waals surface area contributed by atoms with Crippen molar-refractivity contribution in [2.75, 3.05) is 23.1 Å². The van der Waals surface area contributed by atoms with Gasteiger partial charge in [0.05, 0.1) is 30.4 Å². The first-order valence-electron chi connectivity index (χ1n) is 12.0. The van der Waals surface area contributed by atoms with E-state index in [1.165, 1.54) is 23.1 Å². The molecule has 1 atom stereocenters. The van der Waals surface area contributed by atoms with Crippen LogP contribution in [0.15, 0.2) is 75.5 Å². The molecule has 0 radical (unpaired) electrons. The molecule has 2 aromatic carbocycles. The van der Waals surface area contributed by atoms with Gasteiger partial charge in [0.15, 0.2) is 10.1 Å². The fraction of sp³-hybridized carbons (Fsp3) is 0.222. The molecule has 1 amide bonds. The summed E-state index contributed by atoms with van der Waals surface area (Å²) in [5.74, 6) is 0.258. The summed E-state index contributed by atoms with van der Waals surface area (Å²) in [4.78, 5) is 27.4. The number of carbonyl (C=O) groups excluding carboxylic acids is 2. The molecule has 198 valence electrons. The number of halogens is 1. The number of nitrogens with one attached hydrogen (secondary N) is 1. The predicted molar refractivity (Wildman–Crippen MR) is 152 cm³/mol. The number of amides is 1. The molecule has 12 heteroatoms. The van der Waals surface area contributed by atoms with Crippen LogP contribution in [0, 0.1) is 11.3 Å². The quantitative estimate of drug-likeness (QED) is 0.361. The molecule has 5 rings (SSSR count). The maximum absolute atomic E-state index is 13.2. The topological polar surface area (TPSA) is 134 Å². The number of hydrogen-bond acceptors (Lipinski definition) is 10. The number of ketones is 1. The van der Waals surface area contributed by atoms with Gasteiger partial charge in [-0.05, 0) is 54.8 Å². The molecule has 9 nitrogen and oxygen atoms in total. The van der Waals surface area contributed by atoms with Crippen LogP contribution in [0.3, 0.4) is 0 Å². The monoisotopic (exact) mass is 578 g/mol. The Morgan fingerprint density at radius 2 is 1.97 bits per heavy atom. The summed E-state index contributed by atoms with van der Waals surface area (Å²) in [5, 5.41) is 22.5. The second-order valence-corrected chi connectivity index (χ2v) is 11.4. The zero-order valence-electron chi connectivity index (χ0n) is 20.8. The molecule has 0 fully saturated rings. The number of hydrogen-bond donors (Lipinski definition) is 2. The third-order valence-electron chi connectivity index (χ3n) is 6.40. The van der Waals surface area contributed by atoms with Crippen LogP contribution < -0.4 is 20.7 Å². The molecule has 3 N–H and O–H groups in total. The van der Waals surface area contributed by atoms with E-state index in [4.69, 9.17) is 22.1 Å². The molecule has 2 heterocycles. The van der Waals surface area contributed by atoms with Gasteiger partial charge in [-0.3, -0.25) is 14.5 Å². The molecule has 3 aromatic rings. The Labute approximate surface area is 238 Å². The van der Waals surface area contributed by atoms with Gasteiger partial charge in [-0.15, -0.1) is 10.2 Å². The molecule has 0 bridgehead atoms. The van der Waals surface area contributed by atoms with Crippen molar-refractivity contribution < 1.29 is 14.3 Å². The van der Waals surface area contributed by atoms with Crippen LogP contribution in [-0.4, -0.2) is 34.8 Å². The van der Waals surface area contributed by atoms with E-state index >= 15 is 0 Å². The highest BCUT2D eigenvalue weighted by Gasteiger charge is 2.41. The highest BCUT2D eigenvalue weighted by atomic mass is 35.5. The molecule has 0 saturated carbocycles. The molecular formula is C27H23ClN6O3S2. The van der Waals surface area contributed by atoms with Crippen molar-refractivity contribution in [2.45, 2.75) is 29.5 Å². The second kappa shape index (κ2) is 11.5. The fourth-order valence-electron chi connectivity index (χ4n) is 4.64. The first-order chi connectivity index (χ1) is 18.9. The van der Waals surface area contributed by atoms with Crippen molar-refractivity contribution in [3.05, 3.63) is 81.8 Å². The van der Waals surface area contributed by atoms with Crippen molar-refractivity contribution in [1.29, 1.82) is 5.26 Å². The van der Waals surface area contributed by atoms with E-state index in [9.17, 15) is 14.9 Å². The minimum atomic E-state index is -0.574. The van der Waals surface area contributed by atoms with E-state index in [1.54, 1.807) is 48.4 Å². The number of benzene rings is 2. The largest absolute Gasteiger partial charge is 0.497 e. The smallest absolute Gasteiger partial charge is 0.234 e. The minimum Gasteiger partial charge on any atom is -0.497 e. The number of rotatable bonds is 7. The Hall–Kier alpha value is -3.85. The predicted octanol–water partition coefficient (Wildman–Crippen LogP) is 5.24. The first-order valence-corrected chi connectivity index (χ1v) is 14.2. The summed E-state index contributed by atoms with van der Waals surface area (Å²) in [6, 6.07) is 16.4. The third-order valence-corrected chi connectivity index (χ3v) is 8.70. The Balaban J connectivity index is 1.39. The molecule has 1 aliphatic heterocycles. The summed E-state index contributed by atoms with van der Waals surface area (Å²) < 4.78 is 5.69. The number of nitrogens with two attached hydrogens (primary N) is 1. The van der Waals surface area contributed by atoms with Gasteiger partial charge in [-0.25, -0.2) is 0 Å². The van der Waals surface area contributed by atoms with E-state index in [1.807, 2.05) is 12.1 Å². The highest BCUT2D eigenvalue weighted by Crippen LogP contribution is 2.47. The zero-order chi connectivity index (χ0) is 27.5. The number of Topliss-reactive ketones (excluding diaryl/α,β-unsaturated/α-hetero) is 1. The van der Waals surface area contributed by atoms with Gasteiger partial charge < -0.3 is 15.8 Å². The van der Waals surface area contributed by atoms with E-state index in [2.05, 4.69) is 21.6 Å². The van der Waals surface area contributed by atoms with Gasteiger partial charge in [-0.2, -0.15) is 5.26 Å². The van der Waals surface area contributed by atoms with Gasteiger partial charge in [0.1, 0.15) is 11.6 Å². The number of ether oxygens (including phenoxy) is 1. The molecule has 1 aliphatic carbocycles. The number of nitrogens with zero attached hydrogens (tertiary/aromatic N) is 4. The lowest BCUT2D eigenvalue weighted by Crippen LogP contribution is -2.38. The molecule has 2 aliphatic rings.